The van der Waals surface area contributed by atoms with Crippen LogP contribution in [0.3, 0.4) is 0 Å². The monoisotopic (exact) mass is 409 g/mol. The summed E-state index contributed by atoms with van der Waals surface area (Å²) in [5.74, 6) is -0.599. The molecule has 4 rings (SSSR count). The van der Waals surface area contributed by atoms with Crippen molar-refractivity contribution in [3.05, 3.63) is 66.0 Å². The molecule has 0 fully saturated rings. The lowest BCUT2D eigenvalue weighted by Gasteiger charge is -2.15. The van der Waals surface area contributed by atoms with Gasteiger partial charge >= 0.3 is 0 Å². The number of rotatable bonds is 6. The predicted molar refractivity (Wildman–Crippen MR) is 108 cm³/mol. The van der Waals surface area contributed by atoms with Gasteiger partial charge in [0.05, 0.1) is 11.7 Å². The number of pyridine rings is 1. The van der Waals surface area contributed by atoms with Crippen LogP contribution in [0.25, 0.3) is 11.3 Å². The number of H-pyrrole nitrogens is 1. The van der Waals surface area contributed by atoms with E-state index in [9.17, 15) is 8.78 Å². The Hall–Kier alpha value is -4.15. The average molecular weight is 409 g/mol. The molecule has 0 spiro atoms. The highest BCUT2D eigenvalue weighted by atomic mass is 19.1. The fraction of sp³-hybridized carbons (Fsp3) is 0.105. The summed E-state index contributed by atoms with van der Waals surface area (Å²) in [6.45, 7) is 1.69. The molecule has 0 aliphatic rings. The van der Waals surface area contributed by atoms with Crippen LogP contribution >= 0.6 is 0 Å². The molecule has 0 saturated carbocycles. The summed E-state index contributed by atoms with van der Waals surface area (Å²) < 4.78 is 27.1. The summed E-state index contributed by atoms with van der Waals surface area (Å²) in [6, 6.07) is 8.29. The van der Waals surface area contributed by atoms with Gasteiger partial charge in [-0.15, -0.1) is 0 Å². The first kappa shape index (κ1) is 19.2. The maximum Gasteiger partial charge on any atom is 0.235 e. The van der Waals surface area contributed by atoms with Crippen molar-refractivity contribution in [3.8, 4) is 11.3 Å². The molecule has 1 unspecified atom stereocenters. The van der Waals surface area contributed by atoms with E-state index in [-0.39, 0.29) is 23.4 Å². The second-order valence-corrected chi connectivity index (χ2v) is 6.40. The summed E-state index contributed by atoms with van der Waals surface area (Å²) in [7, 11) is 0. The highest BCUT2D eigenvalue weighted by Gasteiger charge is 2.14. The second-order valence-electron chi connectivity index (χ2n) is 6.40. The molecule has 3 aromatic heterocycles. The van der Waals surface area contributed by atoms with E-state index in [0.717, 1.165) is 17.3 Å². The molecule has 5 N–H and O–H groups in total. The topological polar surface area (TPSA) is 130 Å². The molecule has 152 valence electrons. The first-order chi connectivity index (χ1) is 14.5. The lowest BCUT2D eigenvalue weighted by Crippen LogP contribution is -2.14. The van der Waals surface area contributed by atoms with Crippen LogP contribution in [0, 0.1) is 11.6 Å². The van der Waals surface area contributed by atoms with E-state index < -0.39 is 17.7 Å². The molecule has 0 aliphatic heterocycles. The number of aromatic nitrogens is 6. The third-order valence-electron chi connectivity index (χ3n) is 4.24. The zero-order valence-electron chi connectivity index (χ0n) is 15.8. The summed E-state index contributed by atoms with van der Waals surface area (Å²) >= 11 is 0. The molecular formula is C19H17F2N9. The van der Waals surface area contributed by atoms with E-state index in [1.54, 1.807) is 25.4 Å². The van der Waals surface area contributed by atoms with Crippen LogP contribution in [-0.2, 0) is 0 Å². The van der Waals surface area contributed by atoms with E-state index in [4.69, 9.17) is 5.73 Å². The maximum absolute atomic E-state index is 14.0. The number of halogens is 2. The summed E-state index contributed by atoms with van der Waals surface area (Å²) in [5.41, 5.74) is 7.73. The lowest BCUT2D eigenvalue weighted by molar-refractivity contribution is 0.566. The Bertz CT molecular complexity index is 1160. The third kappa shape index (κ3) is 4.29. The van der Waals surface area contributed by atoms with Gasteiger partial charge in [-0.05, 0) is 25.1 Å². The highest BCUT2D eigenvalue weighted by molar-refractivity contribution is 5.64. The van der Waals surface area contributed by atoms with Gasteiger partial charge in [0.15, 0.2) is 5.82 Å². The molecule has 0 radical (unpaired) electrons. The Morgan fingerprint density at radius 2 is 1.77 bits per heavy atom. The van der Waals surface area contributed by atoms with Crippen molar-refractivity contribution in [1.82, 2.24) is 30.1 Å². The van der Waals surface area contributed by atoms with Crippen LogP contribution in [0.2, 0.25) is 0 Å². The molecular weight excluding hydrogens is 392 g/mol. The van der Waals surface area contributed by atoms with Gasteiger partial charge in [-0.2, -0.15) is 20.1 Å². The van der Waals surface area contributed by atoms with Crippen LogP contribution < -0.4 is 16.4 Å². The van der Waals surface area contributed by atoms with Crippen LogP contribution in [0.4, 0.5) is 32.4 Å². The average Bonchev–Trinajstić information content (AvgIpc) is 3.16. The largest absolute Gasteiger partial charge is 0.368 e. The van der Waals surface area contributed by atoms with Crippen LogP contribution in [0.5, 0.6) is 0 Å². The van der Waals surface area contributed by atoms with Crippen LogP contribution in [0.1, 0.15) is 18.5 Å². The van der Waals surface area contributed by atoms with Gasteiger partial charge in [0.1, 0.15) is 11.6 Å². The van der Waals surface area contributed by atoms with Crippen LogP contribution in [0.15, 0.2) is 48.8 Å². The normalized spacial score (nSPS) is 11.8. The van der Waals surface area contributed by atoms with E-state index in [1.807, 2.05) is 12.1 Å². The minimum Gasteiger partial charge on any atom is -0.368 e. The van der Waals surface area contributed by atoms with Crippen molar-refractivity contribution in [2.75, 3.05) is 16.4 Å². The number of benzene rings is 1. The number of nitrogens with zero attached hydrogens (tertiary/aromatic N) is 5. The number of nitrogens with one attached hydrogen (secondary N) is 3. The Morgan fingerprint density at radius 3 is 2.53 bits per heavy atom. The van der Waals surface area contributed by atoms with Crippen molar-refractivity contribution in [2.45, 2.75) is 13.0 Å². The Balaban J connectivity index is 1.51. The maximum atomic E-state index is 14.0. The van der Waals surface area contributed by atoms with Crippen molar-refractivity contribution < 1.29 is 8.78 Å². The predicted octanol–water partition coefficient (Wildman–Crippen LogP) is 3.43. The fourth-order valence-electron chi connectivity index (χ4n) is 2.82. The van der Waals surface area contributed by atoms with Gasteiger partial charge in [-0.1, -0.05) is 6.07 Å². The molecule has 1 atom stereocenters. The first-order valence-corrected chi connectivity index (χ1v) is 8.94. The van der Waals surface area contributed by atoms with E-state index >= 15 is 0 Å². The number of anilines is 4. The van der Waals surface area contributed by atoms with Gasteiger partial charge in [0, 0.05) is 35.7 Å². The number of nitrogens with two attached hydrogens (primary N) is 1. The molecule has 3 heterocycles. The molecule has 0 amide bonds. The standard InChI is InChI=1S/C19H17F2N9/c1-10(13-3-2-12(20)8-14(13)21)24-18-26-17(22)27-19(28-18)25-16-9-15(29-30-16)11-4-6-23-7-5-11/h2-10H,1H3,(H5,22,24,25,26,27,28,29,30). The number of hydrogen-bond acceptors (Lipinski definition) is 8. The van der Waals surface area contributed by atoms with E-state index in [2.05, 4.69) is 40.8 Å². The zero-order chi connectivity index (χ0) is 21.1. The molecule has 9 nitrogen and oxygen atoms in total. The highest BCUT2D eigenvalue weighted by Crippen LogP contribution is 2.23. The SMILES string of the molecule is CC(Nc1nc(N)nc(Nc2cc(-c3ccncc3)[nH]n2)n1)c1ccc(F)cc1F. The first-order valence-electron chi connectivity index (χ1n) is 8.94. The smallest absolute Gasteiger partial charge is 0.235 e. The van der Waals surface area contributed by atoms with Crippen molar-refractivity contribution in [1.29, 1.82) is 0 Å². The Kier molecular flexibility index (Phi) is 5.16. The minimum atomic E-state index is -0.671. The molecule has 4 aromatic rings. The van der Waals surface area contributed by atoms with E-state index in [0.29, 0.717) is 5.82 Å². The molecule has 1 aromatic carbocycles. The molecule has 0 bridgehead atoms. The number of aromatic amines is 1. The third-order valence-corrected chi connectivity index (χ3v) is 4.24. The zero-order valence-corrected chi connectivity index (χ0v) is 15.8. The van der Waals surface area contributed by atoms with Gasteiger partial charge in [0.25, 0.3) is 0 Å². The summed E-state index contributed by atoms with van der Waals surface area (Å²) in [4.78, 5) is 16.3. The van der Waals surface area contributed by atoms with Gasteiger partial charge in [-0.3, -0.25) is 10.1 Å². The van der Waals surface area contributed by atoms with Crippen molar-refractivity contribution >= 4 is 23.7 Å². The van der Waals surface area contributed by atoms with Gasteiger partial charge in [0.2, 0.25) is 17.8 Å². The molecule has 0 aliphatic carbocycles. The Morgan fingerprint density at radius 1 is 1.00 bits per heavy atom. The Labute approximate surface area is 169 Å². The summed E-state index contributed by atoms with van der Waals surface area (Å²) in [5, 5.41) is 13.0. The van der Waals surface area contributed by atoms with Gasteiger partial charge < -0.3 is 16.4 Å². The lowest BCUT2D eigenvalue weighted by atomic mass is 10.1. The minimum absolute atomic E-state index is 0.0355. The van der Waals surface area contributed by atoms with Crippen LogP contribution in [-0.4, -0.2) is 30.1 Å². The van der Waals surface area contributed by atoms with Gasteiger partial charge in [-0.25, -0.2) is 8.78 Å². The molecule has 0 saturated heterocycles. The summed E-state index contributed by atoms with van der Waals surface area (Å²) in [6.07, 6.45) is 3.36. The number of nitrogen functional groups attached to an aromatic ring is 1. The van der Waals surface area contributed by atoms with Crippen molar-refractivity contribution in [3.63, 3.8) is 0 Å². The van der Waals surface area contributed by atoms with E-state index in [1.165, 1.54) is 12.1 Å². The van der Waals surface area contributed by atoms with Crippen molar-refractivity contribution in [2.24, 2.45) is 0 Å². The molecule has 11 heteroatoms. The quantitative estimate of drug-likeness (QED) is 0.381. The second kappa shape index (κ2) is 8.07. The number of hydrogen-bond donors (Lipinski definition) is 4. The fourth-order valence-corrected chi connectivity index (χ4v) is 2.82. The molecule has 30 heavy (non-hydrogen) atoms.